The van der Waals surface area contributed by atoms with Crippen LogP contribution in [0.25, 0.3) is 27.7 Å². The number of fused-ring (bicyclic) bond motifs is 1. The summed E-state index contributed by atoms with van der Waals surface area (Å²) in [5, 5.41) is 14.9. The molecule has 226 valence electrons. The lowest BCUT2D eigenvalue weighted by atomic mass is 10.1. The Bertz CT molecular complexity index is 1900. The maximum Gasteiger partial charge on any atom is 0.324 e. The molecule has 0 unspecified atom stereocenters. The minimum Gasteiger partial charge on any atom is -0.457 e. The van der Waals surface area contributed by atoms with Crippen LogP contribution in [0, 0.1) is 0 Å². The Balaban J connectivity index is 1.40. The van der Waals surface area contributed by atoms with E-state index in [2.05, 4.69) is 27.5 Å². The first kappa shape index (κ1) is 30.5. The van der Waals surface area contributed by atoms with Gasteiger partial charge >= 0.3 is 6.03 Å². The Labute approximate surface area is 260 Å². The van der Waals surface area contributed by atoms with Crippen molar-refractivity contribution in [3.8, 4) is 22.8 Å². The maximum atomic E-state index is 13.4. The first-order valence-electron chi connectivity index (χ1n) is 14.1. The zero-order chi connectivity index (χ0) is 31.6. The average Bonchev–Trinajstić information content (AvgIpc) is 3.46. The van der Waals surface area contributed by atoms with Crippen LogP contribution in [-0.2, 0) is 9.53 Å². The number of hydrogen-bond donors (Lipinski definition) is 3. The van der Waals surface area contributed by atoms with Crippen LogP contribution in [0.2, 0.25) is 0 Å². The number of nitrogens with one attached hydrogen (secondary N) is 3. The number of hydrogen-bond acceptors (Lipinski definition) is 6. The number of amides is 3. The van der Waals surface area contributed by atoms with Gasteiger partial charge in [-0.1, -0.05) is 73.3 Å². The third-order valence-electron chi connectivity index (χ3n) is 6.53. The monoisotopic (exact) mass is 600 g/mol. The fraction of sp³-hybridized carbons (Fsp3) is 0.0857. The number of aromatic nitrogens is 3. The van der Waals surface area contributed by atoms with E-state index in [0.717, 1.165) is 22.0 Å². The first-order valence-corrected chi connectivity index (χ1v) is 14.1. The van der Waals surface area contributed by atoms with Crippen molar-refractivity contribution in [1.82, 2.24) is 14.8 Å². The lowest BCUT2D eigenvalue weighted by Crippen LogP contribution is -2.21. The quantitative estimate of drug-likeness (QED) is 0.134. The zero-order valence-corrected chi connectivity index (χ0v) is 24.9. The number of allylic oxidation sites excluding steroid dienone is 5. The van der Waals surface area contributed by atoms with Crippen LogP contribution >= 0.6 is 0 Å². The predicted octanol–water partition coefficient (Wildman–Crippen LogP) is 7.72. The molecule has 0 aliphatic heterocycles. The van der Waals surface area contributed by atoms with Gasteiger partial charge in [0.05, 0.1) is 17.1 Å². The van der Waals surface area contributed by atoms with E-state index in [1.54, 1.807) is 41.2 Å². The molecule has 3 aromatic carbocycles. The van der Waals surface area contributed by atoms with E-state index >= 15 is 0 Å². The number of nitrogens with zero attached hydrogens (tertiary/aromatic N) is 3. The number of anilines is 3. The molecule has 45 heavy (non-hydrogen) atoms. The van der Waals surface area contributed by atoms with Crippen molar-refractivity contribution in [3.63, 3.8) is 0 Å². The summed E-state index contributed by atoms with van der Waals surface area (Å²) in [4.78, 5) is 29.5. The van der Waals surface area contributed by atoms with Crippen LogP contribution in [0.4, 0.5) is 22.1 Å². The standard InChI is InChI=1S/C35H32N6O4/c1-4-11-25(12-5-2)41-33(22-30(40-41)24-13-7-6-8-14-24)39-35(43)37-29-17-18-31(28-16-10-9-15-27(28)29)45-26-19-20-36-32(21-26)38-34(42)23-44-3/h4-22H,1,23H2,2-3H3,(H,36,38,42)(H2,37,39,43). The van der Waals surface area contributed by atoms with Crippen molar-refractivity contribution in [1.29, 1.82) is 0 Å². The van der Waals surface area contributed by atoms with E-state index in [-0.39, 0.29) is 12.5 Å². The van der Waals surface area contributed by atoms with Crippen LogP contribution < -0.4 is 20.7 Å². The number of benzene rings is 3. The van der Waals surface area contributed by atoms with Crippen molar-refractivity contribution in [3.05, 3.63) is 122 Å². The molecule has 0 aliphatic carbocycles. The van der Waals surface area contributed by atoms with Crippen molar-refractivity contribution < 1.29 is 19.1 Å². The number of ether oxygens (including phenoxy) is 2. The topological polar surface area (TPSA) is 119 Å². The summed E-state index contributed by atoms with van der Waals surface area (Å²) in [6, 6.07) is 25.6. The van der Waals surface area contributed by atoms with E-state index in [4.69, 9.17) is 14.6 Å². The molecule has 5 aromatic rings. The summed E-state index contributed by atoms with van der Waals surface area (Å²) < 4.78 is 12.7. The third-order valence-corrected chi connectivity index (χ3v) is 6.53. The summed E-state index contributed by atoms with van der Waals surface area (Å²) in [6.07, 6.45) is 8.81. The highest BCUT2D eigenvalue weighted by atomic mass is 16.5. The number of pyridine rings is 1. The van der Waals surface area contributed by atoms with E-state index in [9.17, 15) is 9.59 Å². The normalized spacial score (nSPS) is 11.4. The van der Waals surface area contributed by atoms with Crippen LogP contribution in [0.1, 0.15) is 6.92 Å². The van der Waals surface area contributed by atoms with E-state index < -0.39 is 6.03 Å². The fourth-order valence-electron chi connectivity index (χ4n) is 4.62. The minimum atomic E-state index is -0.446. The molecule has 0 saturated carbocycles. The number of urea groups is 1. The van der Waals surface area contributed by atoms with E-state index in [0.29, 0.717) is 34.5 Å². The van der Waals surface area contributed by atoms with Crippen LogP contribution in [0.15, 0.2) is 122 Å². The molecular weight excluding hydrogens is 568 g/mol. The van der Waals surface area contributed by atoms with Crippen molar-refractivity contribution in [2.75, 3.05) is 29.7 Å². The molecule has 0 radical (unpaired) electrons. The molecule has 0 bridgehead atoms. The van der Waals surface area contributed by atoms with Gasteiger partial charge in [0, 0.05) is 41.8 Å². The molecule has 0 atom stereocenters. The molecule has 0 fully saturated rings. The second-order valence-electron chi connectivity index (χ2n) is 9.72. The molecule has 0 spiro atoms. The summed E-state index contributed by atoms with van der Waals surface area (Å²) in [6.45, 7) is 5.64. The predicted molar refractivity (Wildman–Crippen MR) is 178 cm³/mol. The van der Waals surface area contributed by atoms with Gasteiger partial charge in [-0.2, -0.15) is 5.10 Å². The van der Waals surface area contributed by atoms with Gasteiger partial charge in [-0.05, 0) is 37.3 Å². The number of rotatable bonds is 11. The molecule has 5 rings (SSSR count). The summed E-state index contributed by atoms with van der Waals surface area (Å²) in [5.41, 5.74) is 2.94. The second-order valence-corrected chi connectivity index (χ2v) is 9.72. The van der Waals surface area contributed by atoms with Gasteiger partial charge in [0.25, 0.3) is 5.91 Å². The third kappa shape index (κ3) is 7.51. The van der Waals surface area contributed by atoms with Gasteiger partial charge in [-0.25, -0.2) is 14.5 Å². The average molecular weight is 601 g/mol. The van der Waals surface area contributed by atoms with Gasteiger partial charge in [-0.15, -0.1) is 0 Å². The molecule has 2 heterocycles. The molecular formula is C35H32N6O4. The lowest BCUT2D eigenvalue weighted by Gasteiger charge is -2.15. The Morgan fingerprint density at radius 2 is 1.71 bits per heavy atom. The van der Waals surface area contributed by atoms with Crippen molar-refractivity contribution in [2.45, 2.75) is 6.92 Å². The maximum absolute atomic E-state index is 13.4. The summed E-state index contributed by atoms with van der Waals surface area (Å²) in [5.74, 6) is 1.54. The van der Waals surface area contributed by atoms with Gasteiger partial charge in [0.15, 0.2) is 0 Å². The molecule has 2 aromatic heterocycles. The Kier molecular flexibility index (Phi) is 9.78. The van der Waals surface area contributed by atoms with E-state index in [1.807, 2.05) is 85.8 Å². The van der Waals surface area contributed by atoms with Crippen LogP contribution in [0.3, 0.4) is 0 Å². The van der Waals surface area contributed by atoms with E-state index in [1.165, 1.54) is 7.11 Å². The Morgan fingerprint density at radius 3 is 2.47 bits per heavy atom. The first-order chi connectivity index (χ1) is 22.0. The largest absolute Gasteiger partial charge is 0.457 e. The number of carbonyl (C=O) groups is 2. The van der Waals surface area contributed by atoms with Crippen molar-refractivity contribution in [2.24, 2.45) is 0 Å². The molecule has 10 heteroatoms. The molecule has 0 aliphatic rings. The Hall–Kier alpha value is -6.00. The number of methoxy groups -OCH3 is 1. The van der Waals surface area contributed by atoms with Crippen molar-refractivity contribution >= 4 is 45.7 Å². The molecule has 10 nitrogen and oxygen atoms in total. The lowest BCUT2D eigenvalue weighted by molar-refractivity contribution is -0.119. The number of carbonyl (C=O) groups excluding carboxylic acids is 2. The highest BCUT2D eigenvalue weighted by Gasteiger charge is 2.16. The highest BCUT2D eigenvalue weighted by molar-refractivity contribution is 6.07. The van der Waals surface area contributed by atoms with Gasteiger partial charge in [0.1, 0.15) is 29.7 Å². The summed E-state index contributed by atoms with van der Waals surface area (Å²) >= 11 is 0. The zero-order valence-electron chi connectivity index (χ0n) is 24.9. The molecule has 0 saturated heterocycles. The molecule has 3 N–H and O–H groups in total. The fourth-order valence-corrected chi connectivity index (χ4v) is 4.62. The summed E-state index contributed by atoms with van der Waals surface area (Å²) in [7, 11) is 1.44. The molecule has 3 amide bonds. The minimum absolute atomic E-state index is 0.0849. The van der Waals surface area contributed by atoms with Gasteiger partial charge in [-0.3, -0.25) is 10.1 Å². The van der Waals surface area contributed by atoms with Crippen LogP contribution in [0.5, 0.6) is 11.5 Å². The Morgan fingerprint density at radius 1 is 0.933 bits per heavy atom. The smallest absolute Gasteiger partial charge is 0.324 e. The highest BCUT2D eigenvalue weighted by Crippen LogP contribution is 2.35. The van der Waals surface area contributed by atoms with Crippen LogP contribution in [-0.4, -0.2) is 40.4 Å². The SMILES string of the molecule is C=CC=C(C=CC)n1nc(-c2ccccc2)cc1NC(=O)Nc1ccc(Oc2ccnc(NC(=O)COC)c2)c2ccccc12. The van der Waals surface area contributed by atoms with Gasteiger partial charge in [0.2, 0.25) is 0 Å². The second kappa shape index (κ2) is 14.5. The van der Waals surface area contributed by atoms with Gasteiger partial charge < -0.3 is 20.1 Å².